The fourth-order valence-electron chi connectivity index (χ4n) is 6.60. The largest absolute Gasteiger partial charge is 0.461 e. The SMILES string of the molecule is CCC(=O)O[C@H]1[C@@H]2CCC[C@@]3(C)O[C@H]3C[C@@H](/C(C)=C/c3csc(C)n3)OC(=O)C[C@H](OC(C)=O)[C@](C)(C2)C(=O)[C@@H]1C. The molecule has 0 aromatic carbocycles. The molecule has 4 rings (SSSR count). The van der Waals surface area contributed by atoms with Crippen molar-refractivity contribution in [2.45, 2.75) is 123 Å². The number of nitrogens with zero attached hydrogens (tertiary/aromatic N) is 1. The lowest BCUT2D eigenvalue weighted by Gasteiger charge is -2.47. The number of hydrogen-bond donors (Lipinski definition) is 0. The Hall–Kier alpha value is -2.59. The van der Waals surface area contributed by atoms with Crippen LogP contribution >= 0.6 is 11.3 Å². The summed E-state index contributed by atoms with van der Waals surface area (Å²) < 4.78 is 23.7. The van der Waals surface area contributed by atoms with E-state index in [1.54, 1.807) is 32.1 Å². The Morgan fingerprint density at radius 1 is 1.22 bits per heavy atom. The Balaban J connectivity index is 1.67. The Bertz CT molecular complexity index is 1210. The molecule has 2 aliphatic heterocycles. The van der Waals surface area contributed by atoms with Crippen molar-refractivity contribution in [3.8, 4) is 0 Å². The second kappa shape index (κ2) is 12.3. The highest BCUT2D eigenvalue weighted by Crippen LogP contribution is 2.49. The van der Waals surface area contributed by atoms with Crippen LogP contribution in [-0.4, -0.2) is 58.7 Å². The van der Waals surface area contributed by atoms with Gasteiger partial charge in [-0.3, -0.25) is 19.2 Å². The molecule has 0 unspecified atom stereocenters. The minimum atomic E-state index is -1.14. The third kappa shape index (κ3) is 7.08. The molecule has 10 heteroatoms. The van der Waals surface area contributed by atoms with Gasteiger partial charge in [-0.25, -0.2) is 4.98 Å². The van der Waals surface area contributed by atoms with Crippen molar-refractivity contribution in [2.75, 3.05) is 0 Å². The van der Waals surface area contributed by atoms with E-state index >= 15 is 0 Å². The summed E-state index contributed by atoms with van der Waals surface area (Å²) in [4.78, 5) is 56.4. The predicted octanol–water partition coefficient (Wildman–Crippen LogP) is 5.37. The number of ketones is 1. The van der Waals surface area contributed by atoms with Gasteiger partial charge in [0.25, 0.3) is 0 Å². The maximum Gasteiger partial charge on any atom is 0.310 e. The number of hydrogen-bond acceptors (Lipinski definition) is 10. The van der Waals surface area contributed by atoms with Crippen LogP contribution in [0.25, 0.3) is 6.08 Å². The van der Waals surface area contributed by atoms with Gasteiger partial charge >= 0.3 is 17.9 Å². The average molecular weight is 590 g/mol. The van der Waals surface area contributed by atoms with Crippen molar-refractivity contribution < 1.29 is 38.1 Å². The van der Waals surface area contributed by atoms with Gasteiger partial charge in [0.05, 0.1) is 40.2 Å². The van der Waals surface area contributed by atoms with E-state index in [1.165, 1.54) is 6.92 Å². The van der Waals surface area contributed by atoms with Crippen LogP contribution in [0.4, 0.5) is 0 Å². The summed E-state index contributed by atoms with van der Waals surface area (Å²) in [6.45, 7) is 12.5. The molecule has 0 N–H and O–H groups in total. The van der Waals surface area contributed by atoms with Crippen LogP contribution in [-0.2, 0) is 38.1 Å². The molecule has 9 nitrogen and oxygen atoms in total. The molecule has 226 valence electrons. The molecule has 3 heterocycles. The molecule has 1 aromatic heterocycles. The molecule has 3 fully saturated rings. The van der Waals surface area contributed by atoms with Gasteiger partial charge < -0.3 is 18.9 Å². The van der Waals surface area contributed by atoms with Crippen LogP contribution in [0.15, 0.2) is 11.0 Å². The molecule has 2 bridgehead atoms. The third-order valence-corrected chi connectivity index (χ3v) is 9.84. The second-order valence-corrected chi connectivity index (χ2v) is 13.4. The molecule has 1 aliphatic carbocycles. The first-order chi connectivity index (χ1) is 19.3. The first kappa shape index (κ1) is 31.3. The van der Waals surface area contributed by atoms with Crippen LogP contribution in [0.5, 0.6) is 0 Å². The third-order valence-electron chi connectivity index (χ3n) is 9.05. The van der Waals surface area contributed by atoms with Crippen LogP contribution in [0.3, 0.4) is 0 Å². The summed E-state index contributed by atoms with van der Waals surface area (Å²) in [5, 5.41) is 2.90. The zero-order valence-corrected chi connectivity index (χ0v) is 26.0. The molecule has 1 saturated carbocycles. The number of fused-ring (bicyclic) bond motifs is 3. The van der Waals surface area contributed by atoms with Crippen LogP contribution in [0, 0.1) is 24.2 Å². The number of esters is 3. The van der Waals surface area contributed by atoms with Crippen LogP contribution in [0.2, 0.25) is 0 Å². The number of rotatable bonds is 5. The number of aryl methyl sites for hydroxylation is 1. The molecule has 3 aliphatic rings. The minimum Gasteiger partial charge on any atom is -0.461 e. The first-order valence-corrected chi connectivity index (χ1v) is 15.5. The van der Waals surface area contributed by atoms with E-state index in [0.717, 1.165) is 29.1 Å². The topological polar surface area (TPSA) is 121 Å². The number of carbonyl (C=O) groups is 4. The van der Waals surface area contributed by atoms with E-state index in [2.05, 4.69) is 11.9 Å². The van der Waals surface area contributed by atoms with E-state index in [4.69, 9.17) is 18.9 Å². The molecule has 0 spiro atoms. The minimum absolute atomic E-state index is 0.0844. The quantitative estimate of drug-likeness (QED) is 0.253. The Labute approximate surface area is 246 Å². The summed E-state index contributed by atoms with van der Waals surface area (Å²) in [7, 11) is 0. The number of thiazole rings is 1. The molecule has 1 aromatic rings. The predicted molar refractivity (Wildman–Crippen MR) is 153 cm³/mol. The van der Waals surface area contributed by atoms with Gasteiger partial charge in [-0.2, -0.15) is 0 Å². The zero-order chi connectivity index (χ0) is 30.1. The number of epoxide rings is 1. The van der Waals surface area contributed by atoms with Gasteiger partial charge in [0.15, 0.2) is 0 Å². The molecule has 41 heavy (non-hydrogen) atoms. The highest BCUT2D eigenvalue weighted by molar-refractivity contribution is 7.09. The van der Waals surface area contributed by atoms with Crippen molar-refractivity contribution in [1.29, 1.82) is 0 Å². The van der Waals surface area contributed by atoms with Crippen molar-refractivity contribution in [3.63, 3.8) is 0 Å². The molecule has 2 saturated heterocycles. The summed E-state index contributed by atoms with van der Waals surface area (Å²) in [6.07, 6.45) is 2.77. The van der Waals surface area contributed by atoms with Crippen molar-refractivity contribution in [2.24, 2.45) is 17.3 Å². The van der Waals surface area contributed by atoms with Crippen molar-refractivity contribution in [3.05, 3.63) is 21.7 Å². The summed E-state index contributed by atoms with van der Waals surface area (Å²) in [5.41, 5.74) is 0.152. The Kier molecular flexibility index (Phi) is 9.43. The maximum atomic E-state index is 13.9. The molecular weight excluding hydrogens is 546 g/mol. The van der Waals surface area contributed by atoms with Gasteiger partial charge in [0.2, 0.25) is 0 Å². The van der Waals surface area contributed by atoms with Gasteiger partial charge in [-0.15, -0.1) is 11.3 Å². The highest BCUT2D eigenvalue weighted by Gasteiger charge is 2.57. The summed E-state index contributed by atoms with van der Waals surface area (Å²) in [6, 6.07) is 0. The smallest absolute Gasteiger partial charge is 0.310 e. The van der Waals surface area contributed by atoms with Gasteiger partial charge in [-0.05, 0) is 64.5 Å². The molecule has 8 atom stereocenters. The van der Waals surface area contributed by atoms with E-state index in [9.17, 15) is 19.2 Å². The second-order valence-electron chi connectivity index (χ2n) is 12.4. The van der Waals surface area contributed by atoms with E-state index < -0.39 is 41.6 Å². The lowest BCUT2D eigenvalue weighted by molar-refractivity contribution is -0.179. The van der Waals surface area contributed by atoms with Gasteiger partial charge in [0, 0.05) is 25.1 Å². The number of carbonyl (C=O) groups excluding carboxylic acids is 4. The number of ether oxygens (including phenoxy) is 4. The van der Waals surface area contributed by atoms with E-state index in [-0.39, 0.29) is 42.2 Å². The molecule has 0 amide bonds. The van der Waals surface area contributed by atoms with Crippen molar-refractivity contribution in [1.82, 2.24) is 4.98 Å². The van der Waals surface area contributed by atoms with Crippen molar-refractivity contribution >= 4 is 41.1 Å². The van der Waals surface area contributed by atoms with Gasteiger partial charge in [-0.1, -0.05) is 20.3 Å². The molecular formula is C31H43NO8S. The zero-order valence-electron chi connectivity index (χ0n) is 25.2. The van der Waals surface area contributed by atoms with E-state index in [0.29, 0.717) is 19.3 Å². The van der Waals surface area contributed by atoms with Gasteiger partial charge in [0.1, 0.15) is 24.1 Å². The Morgan fingerprint density at radius 3 is 2.59 bits per heavy atom. The standard InChI is InChI=1S/C31H43NO8S/c1-8-26(34)39-28-18(3)29(36)30(6)15-21(28)10-9-11-31(7)25(40-31)13-23(17(2)12-22-16-41-19(4)32-22)38-27(35)14-24(30)37-20(5)33/h12,16,18,21,23-25,28H,8-11,13-15H2,1-7H3/b17-12+/t18-,21-,23+,24+,25+,28-,30+,31-/m1/s1. The summed E-state index contributed by atoms with van der Waals surface area (Å²) in [5.74, 6) is -2.41. The normalized spacial score (nSPS) is 36.4. The first-order valence-electron chi connectivity index (χ1n) is 14.6. The highest BCUT2D eigenvalue weighted by atomic mass is 32.1. The fraction of sp³-hybridized carbons (Fsp3) is 0.710. The fourth-order valence-corrected chi connectivity index (χ4v) is 7.17. The van der Waals surface area contributed by atoms with E-state index in [1.807, 2.05) is 25.3 Å². The lowest BCUT2D eigenvalue weighted by Crippen LogP contribution is -2.56. The number of cyclic esters (lactones) is 1. The van der Waals surface area contributed by atoms with Crippen LogP contribution < -0.4 is 0 Å². The number of Topliss-reactive ketones (excluding diaryl/α,β-unsaturated/α-hetero) is 1. The molecule has 0 radical (unpaired) electrons. The number of aromatic nitrogens is 1. The monoisotopic (exact) mass is 589 g/mol. The maximum absolute atomic E-state index is 13.9. The summed E-state index contributed by atoms with van der Waals surface area (Å²) >= 11 is 1.55. The Morgan fingerprint density at radius 2 is 1.95 bits per heavy atom. The average Bonchev–Trinajstić information content (AvgIpc) is 3.34. The van der Waals surface area contributed by atoms with Crippen LogP contribution in [0.1, 0.15) is 97.2 Å². The lowest BCUT2D eigenvalue weighted by atomic mass is 9.60.